The molecule has 0 aliphatic rings. The lowest BCUT2D eigenvalue weighted by molar-refractivity contribution is -0.161. The predicted molar refractivity (Wildman–Crippen MR) is 173 cm³/mol. The maximum atomic E-state index is 12.1. The van der Waals surface area contributed by atoms with E-state index in [9.17, 15) is 14.7 Å². The second-order valence-corrected chi connectivity index (χ2v) is 13.3. The van der Waals surface area contributed by atoms with E-state index in [0.717, 1.165) is 50.4 Å². The minimum atomic E-state index is -0.762. The van der Waals surface area contributed by atoms with Crippen molar-refractivity contribution in [3.8, 4) is 0 Å². The molecule has 244 valence electrons. The van der Waals surface area contributed by atoms with Crippen LogP contribution in [0.5, 0.6) is 0 Å². The summed E-state index contributed by atoms with van der Waals surface area (Å²) in [6.07, 6.45) is 28.8. The van der Waals surface area contributed by atoms with Crippen LogP contribution in [0, 0.1) is 11.8 Å². The Hall–Kier alpha value is -1.10. The van der Waals surface area contributed by atoms with Gasteiger partial charge in [-0.3, -0.25) is 9.59 Å². The quantitative estimate of drug-likeness (QED) is 0.0650. The highest BCUT2D eigenvalue weighted by atomic mass is 16.6. The number of hydrogen-bond donors (Lipinski definition) is 1. The topological polar surface area (TPSA) is 72.8 Å². The Kier molecular flexibility index (Phi) is 29.5. The van der Waals surface area contributed by atoms with Crippen molar-refractivity contribution < 1.29 is 24.2 Å². The summed E-state index contributed by atoms with van der Waals surface area (Å²) >= 11 is 0. The van der Waals surface area contributed by atoms with Crippen molar-refractivity contribution in [2.45, 2.75) is 194 Å². The van der Waals surface area contributed by atoms with E-state index in [1.165, 1.54) is 109 Å². The SMILES string of the molecule is CC(C)CCCCCCCCCCCCCCCC(=O)O[C@@H](CO)COC(=O)CCCCCCCCCCC(C)C. The third kappa shape index (κ3) is 31.7. The molecule has 1 N–H and O–H groups in total. The van der Waals surface area contributed by atoms with Crippen LogP contribution >= 0.6 is 0 Å². The molecule has 5 heteroatoms. The summed E-state index contributed by atoms with van der Waals surface area (Å²) in [7, 11) is 0. The maximum absolute atomic E-state index is 12.1. The summed E-state index contributed by atoms with van der Waals surface area (Å²) in [6, 6.07) is 0. The Bertz CT molecular complexity index is 574. The third-order valence-electron chi connectivity index (χ3n) is 8.01. The van der Waals surface area contributed by atoms with Crippen molar-refractivity contribution in [1.82, 2.24) is 0 Å². The monoisotopic (exact) mass is 583 g/mol. The van der Waals surface area contributed by atoms with Gasteiger partial charge in [-0.2, -0.15) is 0 Å². The molecule has 0 saturated carbocycles. The molecule has 0 aliphatic carbocycles. The van der Waals surface area contributed by atoms with E-state index in [-0.39, 0.29) is 25.2 Å². The van der Waals surface area contributed by atoms with Gasteiger partial charge in [-0.25, -0.2) is 0 Å². The van der Waals surface area contributed by atoms with Crippen molar-refractivity contribution in [3.63, 3.8) is 0 Å². The molecule has 0 aromatic rings. The number of unbranched alkanes of at least 4 members (excludes halogenated alkanes) is 19. The van der Waals surface area contributed by atoms with Crippen LogP contribution in [0.4, 0.5) is 0 Å². The summed E-state index contributed by atoms with van der Waals surface area (Å²) in [6.45, 7) is 8.80. The molecular weight excluding hydrogens is 512 g/mol. The molecule has 5 nitrogen and oxygen atoms in total. The summed E-state index contributed by atoms with van der Waals surface area (Å²) in [5.41, 5.74) is 0. The predicted octanol–water partition coefficient (Wildman–Crippen LogP) is 10.5. The minimum Gasteiger partial charge on any atom is -0.462 e. The van der Waals surface area contributed by atoms with Crippen LogP contribution in [0.1, 0.15) is 188 Å². The highest BCUT2D eigenvalue weighted by Gasteiger charge is 2.16. The zero-order valence-electron chi connectivity index (χ0n) is 27.9. The lowest BCUT2D eigenvalue weighted by Gasteiger charge is -2.15. The van der Waals surface area contributed by atoms with Gasteiger partial charge in [0.2, 0.25) is 0 Å². The highest BCUT2D eigenvalue weighted by molar-refractivity contribution is 5.70. The molecule has 0 amide bonds. The fraction of sp³-hybridized carbons (Fsp3) is 0.944. The van der Waals surface area contributed by atoms with Crippen LogP contribution in [0.25, 0.3) is 0 Å². The molecule has 0 spiro atoms. The van der Waals surface area contributed by atoms with E-state index in [4.69, 9.17) is 9.47 Å². The number of carbonyl (C=O) groups is 2. The van der Waals surface area contributed by atoms with Crippen LogP contribution < -0.4 is 0 Å². The Balaban J connectivity index is 3.53. The van der Waals surface area contributed by atoms with E-state index >= 15 is 0 Å². The number of rotatable bonds is 31. The summed E-state index contributed by atoms with van der Waals surface area (Å²) in [5, 5.41) is 9.51. The zero-order chi connectivity index (χ0) is 30.4. The minimum absolute atomic E-state index is 0.0599. The first-order valence-electron chi connectivity index (χ1n) is 17.8. The second kappa shape index (κ2) is 30.4. The Morgan fingerprint density at radius 1 is 0.488 bits per heavy atom. The molecule has 41 heavy (non-hydrogen) atoms. The van der Waals surface area contributed by atoms with Crippen LogP contribution in [-0.2, 0) is 19.1 Å². The second-order valence-electron chi connectivity index (χ2n) is 13.3. The zero-order valence-corrected chi connectivity index (χ0v) is 27.9. The third-order valence-corrected chi connectivity index (χ3v) is 8.01. The molecule has 0 fully saturated rings. The van der Waals surface area contributed by atoms with Gasteiger partial charge in [0.1, 0.15) is 6.61 Å². The smallest absolute Gasteiger partial charge is 0.306 e. The van der Waals surface area contributed by atoms with Crippen LogP contribution in [-0.4, -0.2) is 36.4 Å². The van der Waals surface area contributed by atoms with Crippen molar-refractivity contribution in [2.24, 2.45) is 11.8 Å². The van der Waals surface area contributed by atoms with Gasteiger partial charge >= 0.3 is 11.9 Å². The standard InChI is InChI=1S/C36H70O5/c1-32(2)26-22-18-14-10-8-6-5-7-9-11-17-21-25-29-36(39)41-34(30-37)31-40-35(38)28-24-20-16-13-12-15-19-23-27-33(3)4/h32-34,37H,5-31H2,1-4H3/t34-/m0/s1. The van der Waals surface area contributed by atoms with Gasteiger partial charge in [-0.05, 0) is 24.7 Å². The molecule has 1 atom stereocenters. The fourth-order valence-corrected chi connectivity index (χ4v) is 5.28. The summed E-state index contributed by atoms with van der Waals surface area (Å²) in [5.74, 6) is 1.07. The molecule has 0 aliphatic heterocycles. The fourth-order valence-electron chi connectivity index (χ4n) is 5.28. The number of aliphatic hydroxyl groups excluding tert-OH is 1. The molecular formula is C36H70O5. The molecule has 0 radical (unpaired) electrons. The van der Waals surface area contributed by atoms with Crippen molar-refractivity contribution >= 4 is 11.9 Å². The van der Waals surface area contributed by atoms with Gasteiger partial charge < -0.3 is 14.6 Å². The first kappa shape index (κ1) is 39.9. The molecule has 0 heterocycles. The van der Waals surface area contributed by atoms with E-state index in [2.05, 4.69) is 27.7 Å². The average Bonchev–Trinajstić information content (AvgIpc) is 2.93. The Labute approximate surface area is 255 Å². The summed E-state index contributed by atoms with van der Waals surface area (Å²) < 4.78 is 10.6. The largest absolute Gasteiger partial charge is 0.462 e. The molecule has 0 unspecified atom stereocenters. The van der Waals surface area contributed by atoms with E-state index in [0.29, 0.717) is 12.8 Å². The van der Waals surface area contributed by atoms with Gasteiger partial charge in [0.25, 0.3) is 0 Å². The Morgan fingerprint density at radius 3 is 1.15 bits per heavy atom. The first-order chi connectivity index (χ1) is 19.8. The van der Waals surface area contributed by atoms with Gasteiger partial charge in [-0.1, -0.05) is 163 Å². The lowest BCUT2D eigenvalue weighted by Crippen LogP contribution is -2.28. The van der Waals surface area contributed by atoms with Gasteiger partial charge in [0.15, 0.2) is 6.10 Å². The van der Waals surface area contributed by atoms with E-state index < -0.39 is 6.10 Å². The van der Waals surface area contributed by atoms with Crippen LogP contribution in [0.3, 0.4) is 0 Å². The van der Waals surface area contributed by atoms with E-state index in [1.54, 1.807) is 0 Å². The maximum Gasteiger partial charge on any atom is 0.306 e. The molecule has 0 aromatic carbocycles. The number of hydrogen-bond acceptors (Lipinski definition) is 5. The Morgan fingerprint density at radius 2 is 0.805 bits per heavy atom. The number of ether oxygens (including phenoxy) is 2. The molecule has 0 aromatic heterocycles. The molecule has 0 bridgehead atoms. The van der Waals surface area contributed by atoms with Gasteiger partial charge in [-0.15, -0.1) is 0 Å². The van der Waals surface area contributed by atoms with Gasteiger partial charge in [0, 0.05) is 12.8 Å². The normalized spacial score (nSPS) is 12.3. The summed E-state index contributed by atoms with van der Waals surface area (Å²) in [4.78, 5) is 24.1. The van der Waals surface area contributed by atoms with Crippen molar-refractivity contribution in [3.05, 3.63) is 0 Å². The number of carbonyl (C=O) groups excluding carboxylic acids is 2. The first-order valence-corrected chi connectivity index (χ1v) is 17.8. The number of esters is 2. The highest BCUT2D eigenvalue weighted by Crippen LogP contribution is 2.16. The van der Waals surface area contributed by atoms with Crippen LogP contribution in [0.15, 0.2) is 0 Å². The average molecular weight is 583 g/mol. The number of aliphatic hydroxyl groups is 1. The van der Waals surface area contributed by atoms with E-state index in [1.807, 2.05) is 0 Å². The molecule has 0 rings (SSSR count). The van der Waals surface area contributed by atoms with Crippen molar-refractivity contribution in [2.75, 3.05) is 13.2 Å². The van der Waals surface area contributed by atoms with Gasteiger partial charge in [0.05, 0.1) is 6.61 Å². The van der Waals surface area contributed by atoms with Crippen LogP contribution in [0.2, 0.25) is 0 Å². The molecule has 0 saturated heterocycles. The lowest BCUT2D eigenvalue weighted by atomic mass is 10.0. The van der Waals surface area contributed by atoms with Crippen molar-refractivity contribution in [1.29, 1.82) is 0 Å².